The standard InChI is InChI=1S/C16H19NO4S2/c18-23(19,16-7-4-10-22-16)17-14-8-9-20-12-15(14)21-11-13-5-2-1-3-6-13/h1-7,10,14-15,17H,8-9,11-12H2/t14-,15-/m1/s1. The quantitative estimate of drug-likeness (QED) is 0.866. The van der Waals surface area contributed by atoms with Crippen LogP contribution in [0, 0.1) is 0 Å². The van der Waals surface area contributed by atoms with Crippen molar-refractivity contribution < 1.29 is 17.9 Å². The van der Waals surface area contributed by atoms with Crippen molar-refractivity contribution >= 4 is 21.4 Å². The summed E-state index contributed by atoms with van der Waals surface area (Å²) in [4.78, 5) is 0. The molecule has 0 amide bonds. The maximum atomic E-state index is 12.4. The summed E-state index contributed by atoms with van der Waals surface area (Å²) in [5.74, 6) is 0. The fourth-order valence-corrected chi connectivity index (χ4v) is 4.77. The third kappa shape index (κ3) is 4.39. The highest BCUT2D eigenvalue weighted by atomic mass is 32.2. The van der Waals surface area contributed by atoms with E-state index in [0.29, 0.717) is 30.5 Å². The third-order valence-corrected chi connectivity index (χ3v) is 6.56. The second-order valence-electron chi connectivity index (χ2n) is 5.36. The molecule has 0 radical (unpaired) electrons. The van der Waals surface area contributed by atoms with Crippen molar-refractivity contribution in [2.45, 2.75) is 29.4 Å². The molecule has 7 heteroatoms. The molecular weight excluding hydrogens is 334 g/mol. The fraction of sp³-hybridized carbons (Fsp3) is 0.375. The van der Waals surface area contributed by atoms with Crippen molar-refractivity contribution in [2.24, 2.45) is 0 Å². The Bertz CT molecular complexity index is 701. The molecule has 0 spiro atoms. The van der Waals surface area contributed by atoms with Crippen LogP contribution in [0.1, 0.15) is 12.0 Å². The van der Waals surface area contributed by atoms with Gasteiger partial charge >= 0.3 is 0 Å². The van der Waals surface area contributed by atoms with Gasteiger partial charge in [-0.3, -0.25) is 0 Å². The Kier molecular flexibility index (Phi) is 5.45. The van der Waals surface area contributed by atoms with Crippen molar-refractivity contribution in [1.29, 1.82) is 0 Å². The Hall–Kier alpha value is -1.25. The van der Waals surface area contributed by atoms with Crippen LogP contribution >= 0.6 is 11.3 Å². The summed E-state index contributed by atoms with van der Waals surface area (Å²) < 4.78 is 39.2. The molecule has 5 nitrogen and oxygen atoms in total. The third-order valence-electron chi connectivity index (χ3n) is 3.68. The van der Waals surface area contributed by atoms with E-state index < -0.39 is 10.0 Å². The van der Waals surface area contributed by atoms with E-state index in [2.05, 4.69) is 4.72 Å². The molecule has 124 valence electrons. The van der Waals surface area contributed by atoms with E-state index in [1.807, 2.05) is 30.3 Å². The number of benzene rings is 1. The first-order valence-corrected chi connectivity index (χ1v) is 9.80. The lowest BCUT2D eigenvalue weighted by atomic mass is 10.1. The van der Waals surface area contributed by atoms with Gasteiger partial charge in [-0.05, 0) is 23.4 Å². The molecule has 2 heterocycles. The molecule has 1 aromatic carbocycles. The Labute approximate surface area is 140 Å². The molecule has 2 aromatic rings. The lowest BCUT2D eigenvalue weighted by Gasteiger charge is -2.31. The largest absolute Gasteiger partial charge is 0.379 e. The molecular formula is C16H19NO4S2. The number of thiophene rings is 1. The van der Waals surface area contributed by atoms with E-state index in [1.165, 1.54) is 11.3 Å². The first kappa shape index (κ1) is 16.6. The topological polar surface area (TPSA) is 64.6 Å². The number of rotatable bonds is 6. The van der Waals surface area contributed by atoms with Gasteiger partial charge in [0.15, 0.2) is 0 Å². The molecule has 0 unspecified atom stereocenters. The molecule has 0 bridgehead atoms. The van der Waals surface area contributed by atoms with E-state index >= 15 is 0 Å². The van der Waals surface area contributed by atoms with Crippen molar-refractivity contribution in [3.05, 3.63) is 53.4 Å². The molecule has 0 saturated carbocycles. The SMILES string of the molecule is O=S(=O)(N[C@@H]1CCOC[C@H]1OCc1ccccc1)c1cccs1. The van der Waals surface area contributed by atoms with Crippen molar-refractivity contribution in [2.75, 3.05) is 13.2 Å². The molecule has 1 aliphatic rings. The van der Waals surface area contributed by atoms with Crippen molar-refractivity contribution in [1.82, 2.24) is 4.72 Å². The summed E-state index contributed by atoms with van der Waals surface area (Å²) in [6.07, 6.45) is 0.308. The van der Waals surface area contributed by atoms with Gasteiger partial charge in [0, 0.05) is 6.61 Å². The predicted octanol–water partition coefficient (Wildman–Crippen LogP) is 2.40. The minimum atomic E-state index is -3.50. The number of nitrogens with one attached hydrogen (secondary N) is 1. The molecule has 1 fully saturated rings. The zero-order chi connectivity index (χ0) is 16.1. The first-order valence-electron chi connectivity index (χ1n) is 7.44. The minimum Gasteiger partial charge on any atom is -0.379 e. The summed E-state index contributed by atoms with van der Waals surface area (Å²) in [6.45, 7) is 1.36. The minimum absolute atomic E-state index is 0.278. The second-order valence-corrected chi connectivity index (χ2v) is 8.25. The van der Waals surface area contributed by atoms with Crippen LogP contribution in [0.15, 0.2) is 52.1 Å². The second kappa shape index (κ2) is 7.55. The lowest BCUT2D eigenvalue weighted by molar-refractivity contribution is -0.0711. The van der Waals surface area contributed by atoms with Crippen molar-refractivity contribution in [3.8, 4) is 0 Å². The summed E-state index contributed by atoms with van der Waals surface area (Å²) >= 11 is 1.21. The molecule has 2 atom stereocenters. The highest BCUT2D eigenvalue weighted by Gasteiger charge is 2.31. The zero-order valence-corrected chi connectivity index (χ0v) is 14.2. The van der Waals surface area contributed by atoms with Crippen LogP contribution in [0.5, 0.6) is 0 Å². The monoisotopic (exact) mass is 353 g/mol. The molecule has 3 rings (SSSR count). The van der Waals surface area contributed by atoms with Gasteiger partial charge in [0.2, 0.25) is 10.0 Å². The maximum absolute atomic E-state index is 12.4. The predicted molar refractivity (Wildman–Crippen MR) is 88.9 cm³/mol. The molecule has 1 aliphatic heterocycles. The smallest absolute Gasteiger partial charge is 0.250 e. The Morgan fingerprint density at radius 1 is 1.22 bits per heavy atom. The van der Waals surface area contributed by atoms with Gasteiger partial charge in [0.1, 0.15) is 4.21 Å². The first-order chi connectivity index (χ1) is 11.1. The van der Waals surface area contributed by atoms with Gasteiger partial charge in [-0.15, -0.1) is 11.3 Å². The van der Waals surface area contributed by atoms with Gasteiger partial charge in [0.05, 0.1) is 25.4 Å². The average molecular weight is 353 g/mol. The maximum Gasteiger partial charge on any atom is 0.250 e. The van der Waals surface area contributed by atoms with Crippen LogP contribution in [0.2, 0.25) is 0 Å². The van der Waals surface area contributed by atoms with Gasteiger partial charge < -0.3 is 9.47 Å². The molecule has 1 aromatic heterocycles. The number of ether oxygens (including phenoxy) is 2. The lowest BCUT2D eigenvalue weighted by Crippen LogP contribution is -2.49. The number of sulfonamides is 1. The van der Waals surface area contributed by atoms with Gasteiger partial charge in [0.25, 0.3) is 0 Å². The fourth-order valence-electron chi connectivity index (χ4n) is 2.46. The van der Waals surface area contributed by atoms with Crippen LogP contribution in [0.4, 0.5) is 0 Å². The van der Waals surface area contributed by atoms with Crippen LogP contribution in [-0.2, 0) is 26.1 Å². The zero-order valence-electron chi connectivity index (χ0n) is 12.6. The molecule has 1 N–H and O–H groups in total. The average Bonchev–Trinajstić information content (AvgIpc) is 3.10. The van der Waals surface area contributed by atoms with E-state index in [4.69, 9.17) is 9.47 Å². The van der Waals surface area contributed by atoms with Crippen LogP contribution in [0.3, 0.4) is 0 Å². The van der Waals surface area contributed by atoms with Crippen LogP contribution in [0.25, 0.3) is 0 Å². The molecule has 23 heavy (non-hydrogen) atoms. The molecule has 0 aliphatic carbocycles. The Morgan fingerprint density at radius 2 is 2.04 bits per heavy atom. The molecule has 1 saturated heterocycles. The van der Waals surface area contributed by atoms with Crippen molar-refractivity contribution in [3.63, 3.8) is 0 Å². The van der Waals surface area contributed by atoms with E-state index in [-0.39, 0.29) is 12.1 Å². The van der Waals surface area contributed by atoms with E-state index in [0.717, 1.165) is 5.56 Å². The van der Waals surface area contributed by atoms with Gasteiger partial charge in [-0.2, -0.15) is 0 Å². The number of hydrogen-bond donors (Lipinski definition) is 1. The van der Waals surface area contributed by atoms with E-state index in [9.17, 15) is 8.42 Å². The van der Waals surface area contributed by atoms with Gasteiger partial charge in [-0.1, -0.05) is 36.4 Å². The normalized spacial score (nSPS) is 22.1. The Morgan fingerprint density at radius 3 is 2.78 bits per heavy atom. The van der Waals surface area contributed by atoms with Crippen LogP contribution in [-0.4, -0.2) is 33.8 Å². The summed E-state index contributed by atoms with van der Waals surface area (Å²) in [5, 5.41) is 1.75. The summed E-state index contributed by atoms with van der Waals surface area (Å²) in [5.41, 5.74) is 1.05. The summed E-state index contributed by atoms with van der Waals surface area (Å²) in [7, 11) is -3.50. The van der Waals surface area contributed by atoms with Gasteiger partial charge in [-0.25, -0.2) is 13.1 Å². The number of hydrogen-bond acceptors (Lipinski definition) is 5. The Balaban J connectivity index is 1.64. The highest BCUT2D eigenvalue weighted by molar-refractivity contribution is 7.91. The van der Waals surface area contributed by atoms with Crippen LogP contribution < -0.4 is 4.72 Å². The van der Waals surface area contributed by atoms with E-state index in [1.54, 1.807) is 17.5 Å². The summed E-state index contributed by atoms with van der Waals surface area (Å²) in [6, 6.07) is 12.9. The highest BCUT2D eigenvalue weighted by Crippen LogP contribution is 2.20.